The lowest BCUT2D eigenvalue weighted by molar-refractivity contribution is 0.0698. The maximum Gasteiger partial charge on any atom is 0.337 e. The molecule has 1 saturated heterocycles. The van der Waals surface area contributed by atoms with Crippen LogP contribution >= 0.6 is 0 Å². The first-order valence-corrected chi connectivity index (χ1v) is 6.15. The molecule has 1 aliphatic rings. The Bertz CT molecular complexity index is 428. The molecule has 0 aromatic heterocycles. The van der Waals surface area contributed by atoms with Crippen molar-refractivity contribution < 1.29 is 14.6 Å². The van der Waals surface area contributed by atoms with Gasteiger partial charge in [0.05, 0.1) is 11.7 Å². The summed E-state index contributed by atoms with van der Waals surface area (Å²) in [6.07, 6.45) is 3.41. The van der Waals surface area contributed by atoms with Gasteiger partial charge in [0, 0.05) is 24.5 Å². The molecule has 1 atom stereocenters. The molecule has 0 aliphatic carbocycles. The maximum absolute atomic E-state index is 11.1. The van der Waals surface area contributed by atoms with Gasteiger partial charge in [-0.15, -0.1) is 0 Å². The Morgan fingerprint density at radius 3 is 3.06 bits per heavy atom. The Kier molecular flexibility index (Phi) is 4.04. The van der Waals surface area contributed by atoms with Crippen molar-refractivity contribution in [2.24, 2.45) is 0 Å². The van der Waals surface area contributed by atoms with E-state index in [1.165, 1.54) is 6.07 Å². The van der Waals surface area contributed by atoms with E-state index < -0.39 is 5.97 Å². The number of hydrogen-bond acceptors (Lipinski definition) is 4. The molecular formula is C13H18N2O3. The summed E-state index contributed by atoms with van der Waals surface area (Å²) in [5.41, 5.74) is 6.85. The van der Waals surface area contributed by atoms with E-state index >= 15 is 0 Å². The fourth-order valence-electron chi connectivity index (χ4n) is 2.13. The van der Waals surface area contributed by atoms with Crippen LogP contribution in [0.4, 0.5) is 11.4 Å². The van der Waals surface area contributed by atoms with Crippen molar-refractivity contribution in [3.05, 3.63) is 23.8 Å². The summed E-state index contributed by atoms with van der Waals surface area (Å²) in [7, 11) is 0. The monoisotopic (exact) mass is 250 g/mol. The van der Waals surface area contributed by atoms with Crippen LogP contribution in [-0.4, -0.2) is 30.3 Å². The number of hydrogen-bond donors (Lipinski definition) is 3. The molecule has 1 unspecified atom stereocenters. The maximum atomic E-state index is 11.1. The molecular weight excluding hydrogens is 232 g/mol. The number of carboxylic acids is 1. The van der Waals surface area contributed by atoms with Gasteiger partial charge in [-0.1, -0.05) is 0 Å². The molecule has 1 aromatic carbocycles. The number of carbonyl (C=O) groups is 1. The predicted octanol–water partition coefficient (Wildman–Crippen LogP) is 1.95. The van der Waals surface area contributed by atoms with Gasteiger partial charge in [0.2, 0.25) is 0 Å². The van der Waals surface area contributed by atoms with E-state index in [0.29, 0.717) is 24.0 Å². The molecule has 5 nitrogen and oxygen atoms in total. The zero-order valence-corrected chi connectivity index (χ0v) is 10.2. The molecule has 0 bridgehead atoms. The van der Waals surface area contributed by atoms with E-state index in [1.54, 1.807) is 12.1 Å². The number of anilines is 2. The van der Waals surface area contributed by atoms with Gasteiger partial charge in [-0.25, -0.2) is 4.79 Å². The lowest BCUT2D eigenvalue weighted by Gasteiger charge is -2.13. The Labute approximate surface area is 106 Å². The highest BCUT2D eigenvalue weighted by Gasteiger charge is 2.15. The van der Waals surface area contributed by atoms with Crippen LogP contribution in [0.3, 0.4) is 0 Å². The van der Waals surface area contributed by atoms with Crippen LogP contribution in [0.1, 0.15) is 29.6 Å². The molecule has 1 fully saturated rings. The normalized spacial score (nSPS) is 18.8. The summed E-state index contributed by atoms with van der Waals surface area (Å²) < 4.78 is 5.51. The average Bonchev–Trinajstić information content (AvgIpc) is 2.84. The van der Waals surface area contributed by atoms with E-state index in [1.807, 2.05) is 0 Å². The molecule has 0 saturated carbocycles. The molecule has 0 radical (unpaired) electrons. The van der Waals surface area contributed by atoms with Crippen LogP contribution in [0.15, 0.2) is 18.2 Å². The summed E-state index contributed by atoms with van der Waals surface area (Å²) in [4.78, 5) is 11.1. The van der Waals surface area contributed by atoms with Crippen LogP contribution in [0, 0.1) is 0 Å². The fourth-order valence-corrected chi connectivity index (χ4v) is 2.13. The zero-order valence-electron chi connectivity index (χ0n) is 10.2. The SMILES string of the molecule is Nc1ccc(NCCC2CCCO2)c(C(=O)O)c1. The first-order valence-electron chi connectivity index (χ1n) is 6.15. The molecule has 0 spiro atoms. The Balaban J connectivity index is 1.93. The van der Waals surface area contributed by atoms with Crippen LogP contribution < -0.4 is 11.1 Å². The second-order valence-corrected chi connectivity index (χ2v) is 4.46. The summed E-state index contributed by atoms with van der Waals surface area (Å²) in [5, 5.41) is 12.2. The number of nitrogen functional groups attached to an aromatic ring is 1. The van der Waals surface area contributed by atoms with E-state index in [2.05, 4.69) is 5.32 Å². The molecule has 18 heavy (non-hydrogen) atoms. The molecule has 0 amide bonds. The number of nitrogens with one attached hydrogen (secondary N) is 1. The lowest BCUT2D eigenvalue weighted by atomic mass is 10.1. The number of rotatable bonds is 5. The molecule has 5 heteroatoms. The lowest BCUT2D eigenvalue weighted by Crippen LogP contribution is -2.14. The number of ether oxygens (including phenoxy) is 1. The Morgan fingerprint density at radius 1 is 1.56 bits per heavy atom. The number of carboxylic acid groups (broad SMARTS) is 1. The second kappa shape index (κ2) is 5.73. The summed E-state index contributed by atoms with van der Waals surface area (Å²) in [6.45, 7) is 1.54. The largest absolute Gasteiger partial charge is 0.478 e. The van der Waals surface area contributed by atoms with E-state index in [-0.39, 0.29) is 5.56 Å². The third-order valence-corrected chi connectivity index (χ3v) is 3.08. The van der Waals surface area contributed by atoms with Crippen LogP contribution in [0.25, 0.3) is 0 Å². The zero-order chi connectivity index (χ0) is 13.0. The smallest absolute Gasteiger partial charge is 0.337 e. The first kappa shape index (κ1) is 12.7. The average molecular weight is 250 g/mol. The van der Waals surface area contributed by atoms with Crippen molar-refractivity contribution >= 4 is 17.3 Å². The van der Waals surface area contributed by atoms with Crippen molar-refractivity contribution in [3.8, 4) is 0 Å². The second-order valence-electron chi connectivity index (χ2n) is 4.46. The Hall–Kier alpha value is -1.75. The quantitative estimate of drug-likeness (QED) is 0.695. The van der Waals surface area contributed by atoms with E-state index in [9.17, 15) is 4.79 Å². The molecule has 98 valence electrons. The summed E-state index contributed by atoms with van der Waals surface area (Å²) >= 11 is 0. The van der Waals surface area contributed by atoms with Crippen molar-refractivity contribution in [1.82, 2.24) is 0 Å². The van der Waals surface area contributed by atoms with Gasteiger partial charge in [0.15, 0.2) is 0 Å². The topological polar surface area (TPSA) is 84.6 Å². The minimum atomic E-state index is -0.970. The predicted molar refractivity (Wildman–Crippen MR) is 69.9 cm³/mol. The van der Waals surface area contributed by atoms with Crippen molar-refractivity contribution in [3.63, 3.8) is 0 Å². The summed E-state index contributed by atoms with van der Waals surface area (Å²) in [5.74, 6) is -0.970. The number of aromatic carboxylic acids is 1. The minimum Gasteiger partial charge on any atom is -0.478 e. The molecule has 1 aliphatic heterocycles. The van der Waals surface area contributed by atoms with Gasteiger partial charge in [-0.05, 0) is 37.5 Å². The third-order valence-electron chi connectivity index (χ3n) is 3.08. The van der Waals surface area contributed by atoms with E-state index in [4.69, 9.17) is 15.6 Å². The third kappa shape index (κ3) is 3.13. The molecule has 1 aromatic rings. The van der Waals surface area contributed by atoms with E-state index in [0.717, 1.165) is 25.9 Å². The Morgan fingerprint density at radius 2 is 2.39 bits per heavy atom. The number of benzene rings is 1. The minimum absolute atomic E-state index is 0.211. The molecule has 1 heterocycles. The van der Waals surface area contributed by atoms with Crippen molar-refractivity contribution in [2.75, 3.05) is 24.2 Å². The highest BCUT2D eigenvalue weighted by atomic mass is 16.5. The number of nitrogens with two attached hydrogens (primary N) is 1. The van der Waals surface area contributed by atoms with Gasteiger partial charge in [0.25, 0.3) is 0 Å². The van der Waals surface area contributed by atoms with Crippen LogP contribution in [0.2, 0.25) is 0 Å². The van der Waals surface area contributed by atoms with Gasteiger partial charge >= 0.3 is 5.97 Å². The first-order chi connectivity index (χ1) is 8.66. The van der Waals surface area contributed by atoms with Gasteiger partial charge < -0.3 is 20.9 Å². The van der Waals surface area contributed by atoms with Gasteiger partial charge in [-0.2, -0.15) is 0 Å². The van der Waals surface area contributed by atoms with Gasteiger partial charge in [0.1, 0.15) is 0 Å². The molecule has 4 N–H and O–H groups in total. The van der Waals surface area contributed by atoms with Crippen LogP contribution in [0.5, 0.6) is 0 Å². The highest BCUT2D eigenvalue weighted by Crippen LogP contribution is 2.20. The summed E-state index contributed by atoms with van der Waals surface area (Å²) in [6, 6.07) is 4.87. The van der Waals surface area contributed by atoms with Crippen molar-refractivity contribution in [2.45, 2.75) is 25.4 Å². The van der Waals surface area contributed by atoms with Crippen molar-refractivity contribution in [1.29, 1.82) is 0 Å². The molecule has 2 rings (SSSR count). The van der Waals surface area contributed by atoms with Gasteiger partial charge in [-0.3, -0.25) is 0 Å². The highest BCUT2D eigenvalue weighted by molar-refractivity contribution is 5.95. The fraction of sp³-hybridized carbons (Fsp3) is 0.462. The van der Waals surface area contributed by atoms with Crippen LogP contribution in [-0.2, 0) is 4.74 Å². The standard InChI is InChI=1S/C13H18N2O3/c14-9-3-4-12(11(8-9)13(16)17)15-6-5-10-2-1-7-18-10/h3-4,8,10,15H,1-2,5-7,14H2,(H,16,17).